The first kappa shape index (κ1) is 8.64. The molecule has 4 heteroatoms. The van der Waals surface area contributed by atoms with Gasteiger partial charge in [0.25, 0.3) is 0 Å². The van der Waals surface area contributed by atoms with Gasteiger partial charge in [0, 0.05) is 6.08 Å². The second kappa shape index (κ2) is 4.43. The minimum Gasteiger partial charge on any atom is -0.445 e. The van der Waals surface area contributed by atoms with Crippen LogP contribution in [0.4, 0.5) is 4.79 Å². The van der Waals surface area contributed by atoms with Crippen molar-refractivity contribution in [3.8, 4) is 0 Å². The summed E-state index contributed by atoms with van der Waals surface area (Å²) in [6, 6.07) is 0. The molecule has 0 unspecified atom stereocenters. The highest BCUT2D eigenvalue weighted by Crippen LogP contribution is 1.94. The Balaban J connectivity index is 2.51. The second-order valence-corrected chi connectivity index (χ2v) is 2.19. The highest BCUT2D eigenvalue weighted by Gasteiger charge is 2.08. The van der Waals surface area contributed by atoms with Crippen molar-refractivity contribution in [1.29, 1.82) is 0 Å². The summed E-state index contributed by atoms with van der Waals surface area (Å²) < 4.78 is 6.17. The highest BCUT2D eigenvalue weighted by atomic mass is 16.5. The van der Waals surface area contributed by atoms with Crippen molar-refractivity contribution >= 4 is 6.09 Å². The Morgan fingerprint density at radius 2 is 2.50 bits per heavy atom. The molecule has 0 spiro atoms. The average Bonchev–Trinajstić information content (AvgIpc) is 2.06. The molecule has 0 radical (unpaired) electrons. The van der Waals surface area contributed by atoms with Crippen LogP contribution < -0.4 is 0 Å². The molecule has 0 bridgehead atoms. The van der Waals surface area contributed by atoms with Gasteiger partial charge in [-0.05, 0) is 13.0 Å². The Bertz CT molecular complexity index is 254. The van der Waals surface area contributed by atoms with E-state index in [1.807, 2.05) is 18.2 Å². The molecule has 0 aromatic carbocycles. The number of azo groups is 2. The highest BCUT2D eigenvalue weighted by molar-refractivity contribution is 5.66. The smallest absolute Gasteiger partial charge is 0.445 e. The van der Waals surface area contributed by atoms with Crippen LogP contribution in [0.5, 0.6) is 0 Å². The Labute approximate surface area is 70.8 Å². The minimum atomic E-state index is -0.544. The fourth-order valence-electron chi connectivity index (χ4n) is 0.789. The van der Waals surface area contributed by atoms with Crippen LogP contribution in [0.2, 0.25) is 0 Å². The van der Waals surface area contributed by atoms with E-state index in [-0.39, 0.29) is 0 Å². The van der Waals surface area contributed by atoms with Crippen LogP contribution >= 0.6 is 0 Å². The van der Waals surface area contributed by atoms with E-state index < -0.39 is 6.09 Å². The molecule has 64 valence electrons. The minimum absolute atomic E-state index is 0.357. The first-order valence-corrected chi connectivity index (χ1v) is 3.81. The zero-order valence-corrected chi connectivity index (χ0v) is 6.93. The van der Waals surface area contributed by atoms with E-state index in [0.717, 1.165) is 0 Å². The first-order valence-electron chi connectivity index (χ1n) is 3.81. The third kappa shape index (κ3) is 2.65. The van der Waals surface area contributed by atoms with Gasteiger partial charge in [0.15, 0.2) is 12.7 Å². The molecule has 1 heterocycles. The van der Waals surface area contributed by atoms with Crippen molar-refractivity contribution in [3.05, 3.63) is 24.4 Å². The molecule has 0 saturated carbocycles. The van der Waals surface area contributed by atoms with Crippen LogP contribution in [0.1, 0.15) is 6.92 Å². The standard InChI is InChI=1S/C8H11N2O2/c1-2-12-8(11)9-10-6-4-3-5-7-10/h3-6H,2,7H2,1H3/q+1. The zero-order chi connectivity index (χ0) is 8.81. The van der Waals surface area contributed by atoms with E-state index >= 15 is 0 Å². The second-order valence-electron chi connectivity index (χ2n) is 2.19. The molecule has 0 atom stereocenters. The Morgan fingerprint density at radius 1 is 1.67 bits per heavy atom. The number of ether oxygens (including phenoxy) is 1. The molecule has 0 aromatic heterocycles. The molecule has 12 heavy (non-hydrogen) atoms. The van der Waals surface area contributed by atoms with Crippen molar-refractivity contribution in [2.24, 2.45) is 5.11 Å². The largest absolute Gasteiger partial charge is 0.490 e. The third-order valence-electron chi connectivity index (χ3n) is 1.28. The molecule has 0 N–H and O–H groups in total. The van der Waals surface area contributed by atoms with E-state index in [4.69, 9.17) is 0 Å². The topological polar surface area (TPSA) is 41.7 Å². The Morgan fingerprint density at radius 3 is 3.08 bits per heavy atom. The van der Waals surface area contributed by atoms with E-state index in [0.29, 0.717) is 13.2 Å². The predicted molar refractivity (Wildman–Crippen MR) is 42.9 cm³/mol. The van der Waals surface area contributed by atoms with E-state index in [2.05, 4.69) is 9.85 Å². The van der Waals surface area contributed by atoms with E-state index in [1.165, 1.54) is 4.70 Å². The summed E-state index contributed by atoms with van der Waals surface area (Å²) in [5.41, 5.74) is 0. The van der Waals surface area contributed by atoms with Crippen LogP contribution in [0.15, 0.2) is 29.5 Å². The molecular formula is C8H11N2O2+. The molecule has 0 aromatic rings. The van der Waals surface area contributed by atoms with Gasteiger partial charge in [0.2, 0.25) is 0 Å². The molecule has 1 aliphatic heterocycles. The number of rotatable bonds is 1. The average molecular weight is 167 g/mol. The summed E-state index contributed by atoms with van der Waals surface area (Å²) in [4.78, 5) is 10.8. The van der Waals surface area contributed by atoms with Gasteiger partial charge in [-0.15, -0.1) is 0 Å². The first-order chi connectivity index (χ1) is 5.83. The number of allylic oxidation sites excluding steroid dienone is 2. The number of carbonyl (C=O) groups excluding carboxylic acids is 1. The Hall–Kier alpha value is -1.45. The summed E-state index contributed by atoms with van der Waals surface area (Å²) in [6.45, 7) is 2.73. The van der Waals surface area contributed by atoms with Crippen LogP contribution in [0.3, 0.4) is 0 Å². The van der Waals surface area contributed by atoms with Gasteiger partial charge < -0.3 is 4.74 Å². The molecular weight excluding hydrogens is 156 g/mol. The number of hydrogen-bond acceptors (Lipinski definition) is 2. The maximum Gasteiger partial charge on any atom is 0.490 e. The summed E-state index contributed by atoms with van der Waals surface area (Å²) in [5.74, 6) is 0. The lowest BCUT2D eigenvalue weighted by molar-refractivity contribution is -0.514. The molecule has 0 fully saturated rings. The fraction of sp³-hybridized carbons (Fsp3) is 0.375. The van der Waals surface area contributed by atoms with Gasteiger partial charge >= 0.3 is 6.09 Å². The fourth-order valence-corrected chi connectivity index (χ4v) is 0.789. The number of amides is 1. The lowest BCUT2D eigenvalue weighted by Crippen LogP contribution is -2.08. The summed E-state index contributed by atoms with van der Waals surface area (Å²) >= 11 is 0. The van der Waals surface area contributed by atoms with E-state index in [1.54, 1.807) is 13.1 Å². The number of hydrogen-bond donors (Lipinski definition) is 0. The third-order valence-corrected chi connectivity index (χ3v) is 1.28. The molecule has 0 saturated heterocycles. The zero-order valence-electron chi connectivity index (χ0n) is 6.93. The van der Waals surface area contributed by atoms with Crippen molar-refractivity contribution < 1.29 is 14.2 Å². The predicted octanol–water partition coefficient (Wildman–Crippen LogP) is 1.69. The van der Waals surface area contributed by atoms with Crippen molar-refractivity contribution in [2.45, 2.75) is 6.92 Å². The van der Waals surface area contributed by atoms with Crippen LogP contribution in [-0.4, -0.2) is 23.9 Å². The van der Waals surface area contributed by atoms with Crippen LogP contribution in [0, 0.1) is 0 Å². The van der Waals surface area contributed by atoms with Crippen LogP contribution in [0.25, 0.3) is 0 Å². The van der Waals surface area contributed by atoms with Gasteiger partial charge in [-0.25, -0.2) is 4.79 Å². The summed E-state index contributed by atoms with van der Waals surface area (Å²) in [7, 11) is 0. The summed E-state index contributed by atoms with van der Waals surface area (Å²) in [6.07, 6.45) is 6.79. The number of nitrogens with zero attached hydrogens (tertiary/aromatic N) is 2. The van der Waals surface area contributed by atoms with Crippen molar-refractivity contribution in [3.63, 3.8) is 0 Å². The SMILES string of the molecule is CCOC(=O)N=[N+]1C=CC=CC1. The van der Waals surface area contributed by atoms with Crippen molar-refractivity contribution in [2.75, 3.05) is 13.2 Å². The van der Waals surface area contributed by atoms with Crippen molar-refractivity contribution in [1.82, 2.24) is 0 Å². The van der Waals surface area contributed by atoms with Gasteiger partial charge in [0.05, 0.1) is 11.7 Å². The van der Waals surface area contributed by atoms with Gasteiger partial charge in [-0.3, -0.25) is 0 Å². The van der Waals surface area contributed by atoms with E-state index in [9.17, 15) is 4.79 Å². The van der Waals surface area contributed by atoms with Gasteiger partial charge in [-0.1, -0.05) is 10.8 Å². The Kier molecular flexibility index (Phi) is 3.19. The van der Waals surface area contributed by atoms with Gasteiger partial charge in [-0.2, -0.15) is 0 Å². The quantitative estimate of drug-likeness (QED) is 0.557. The molecule has 1 aliphatic rings. The number of carbonyl (C=O) groups is 1. The maximum absolute atomic E-state index is 10.8. The molecule has 4 nitrogen and oxygen atoms in total. The lowest BCUT2D eigenvalue weighted by Gasteiger charge is -1.94. The van der Waals surface area contributed by atoms with Crippen LogP contribution in [-0.2, 0) is 4.74 Å². The summed E-state index contributed by atoms with van der Waals surface area (Å²) in [5, 5.41) is 3.66. The molecule has 1 amide bonds. The maximum atomic E-state index is 10.8. The normalized spacial score (nSPS) is 18.2. The molecule has 1 rings (SSSR count). The monoisotopic (exact) mass is 167 g/mol. The lowest BCUT2D eigenvalue weighted by atomic mass is 10.4. The molecule has 0 aliphatic carbocycles. The van der Waals surface area contributed by atoms with Gasteiger partial charge in [0.1, 0.15) is 0 Å².